The summed E-state index contributed by atoms with van der Waals surface area (Å²) in [4.78, 5) is 25.4. The minimum absolute atomic E-state index is 0.187. The second kappa shape index (κ2) is 43.1. The molecule has 1 fully saturated rings. The molecule has 4 N–H and O–H groups in total. The molecule has 362 valence electrons. The topological polar surface area (TPSA) is 152 Å². The van der Waals surface area contributed by atoms with Crippen LogP contribution < -0.4 is 0 Å². The smallest absolute Gasteiger partial charge is 0.306 e. The Bertz CT molecular complexity index is 1250. The Balaban J connectivity index is 2.31. The summed E-state index contributed by atoms with van der Waals surface area (Å²) in [5.74, 6) is -0.848. The van der Waals surface area contributed by atoms with Crippen LogP contribution in [0.4, 0.5) is 0 Å². The molecule has 0 aromatic rings. The molecule has 0 saturated carbocycles. The number of aliphatic hydroxyl groups is 4. The van der Waals surface area contributed by atoms with E-state index in [1.807, 2.05) is 0 Å². The van der Waals surface area contributed by atoms with Gasteiger partial charge in [0.05, 0.1) is 13.2 Å². The third kappa shape index (κ3) is 34.2. The van der Waals surface area contributed by atoms with E-state index in [0.717, 1.165) is 77.0 Å². The molecule has 0 aromatic heterocycles. The second-order valence-electron chi connectivity index (χ2n) is 16.9. The fourth-order valence-corrected chi connectivity index (χ4v) is 7.15. The van der Waals surface area contributed by atoms with E-state index in [9.17, 15) is 30.0 Å². The fraction of sp³-hybridized carbons (Fsp3) is 0.736. The summed E-state index contributed by atoms with van der Waals surface area (Å²) < 4.78 is 22.2. The van der Waals surface area contributed by atoms with Crippen LogP contribution in [0.1, 0.15) is 194 Å². The highest BCUT2D eigenvalue weighted by Gasteiger charge is 2.44. The Hall–Kier alpha value is -2.86. The van der Waals surface area contributed by atoms with E-state index >= 15 is 0 Å². The molecule has 1 heterocycles. The minimum atomic E-state index is -1.61. The van der Waals surface area contributed by atoms with Gasteiger partial charge in [0.25, 0.3) is 0 Å². The van der Waals surface area contributed by atoms with Gasteiger partial charge in [-0.05, 0) is 83.5 Å². The zero-order valence-electron chi connectivity index (χ0n) is 39.6. The van der Waals surface area contributed by atoms with Crippen LogP contribution in [0, 0.1) is 0 Å². The molecule has 63 heavy (non-hydrogen) atoms. The molecule has 1 saturated heterocycles. The molecular weight excluding hydrogens is 797 g/mol. The quantitative estimate of drug-likeness (QED) is 0.0265. The molecule has 0 aliphatic carbocycles. The van der Waals surface area contributed by atoms with E-state index in [4.69, 9.17) is 18.9 Å². The number of ether oxygens (including phenoxy) is 4. The standard InChI is InChI=1S/C53H90O10/c1-3-5-7-9-11-13-15-17-19-21-23-25-27-29-31-33-35-37-39-41-48(55)60-44-46(45-61-53-52(59)51(58)50(57)47(43-54)63-53)62-49(56)42-40-38-36-34-32-30-28-26-24-22-20-18-16-14-12-10-8-6-4-2/h6,8,12,14,17-20,24,26,30,32,46-47,50-54,57-59H,3-5,7,9-11,13,15-16,21-23,25,27-29,31,33-45H2,1-2H3/b8-6-,14-12-,19-17-,20-18-,26-24-,32-30-. The molecule has 10 heteroatoms. The molecular formula is C53H90O10. The number of carbonyl (C=O) groups excluding carboxylic acids is 2. The van der Waals surface area contributed by atoms with Crippen molar-refractivity contribution in [1.29, 1.82) is 0 Å². The molecule has 0 amide bonds. The highest BCUT2D eigenvalue weighted by Crippen LogP contribution is 2.23. The van der Waals surface area contributed by atoms with E-state index < -0.39 is 49.4 Å². The minimum Gasteiger partial charge on any atom is -0.462 e. The summed E-state index contributed by atoms with van der Waals surface area (Å²) in [6, 6.07) is 0. The summed E-state index contributed by atoms with van der Waals surface area (Å²) in [7, 11) is 0. The van der Waals surface area contributed by atoms with Crippen LogP contribution >= 0.6 is 0 Å². The van der Waals surface area contributed by atoms with Crippen LogP contribution in [-0.2, 0) is 28.5 Å². The number of aliphatic hydroxyl groups excluding tert-OH is 4. The SMILES string of the molecule is CC/C=C\C/C=C\C/C=C\C/C=C\C/C=C\CCCCCC(=O)OC(COC(=O)CCCCCCCCCCC/C=C\CCCCCCCC)COC1OC(CO)C(O)C(O)C1O. The lowest BCUT2D eigenvalue weighted by molar-refractivity contribution is -0.305. The molecule has 0 radical (unpaired) electrons. The van der Waals surface area contributed by atoms with Crippen LogP contribution in [0.15, 0.2) is 72.9 Å². The average Bonchev–Trinajstić information content (AvgIpc) is 3.28. The van der Waals surface area contributed by atoms with Crippen LogP contribution in [0.3, 0.4) is 0 Å². The van der Waals surface area contributed by atoms with Gasteiger partial charge < -0.3 is 39.4 Å². The van der Waals surface area contributed by atoms with Gasteiger partial charge in [0.1, 0.15) is 31.0 Å². The Labute approximate surface area is 383 Å². The van der Waals surface area contributed by atoms with Gasteiger partial charge >= 0.3 is 11.9 Å². The van der Waals surface area contributed by atoms with E-state index in [2.05, 4.69) is 86.8 Å². The monoisotopic (exact) mass is 887 g/mol. The van der Waals surface area contributed by atoms with Crippen molar-refractivity contribution in [3.8, 4) is 0 Å². The van der Waals surface area contributed by atoms with Crippen molar-refractivity contribution in [1.82, 2.24) is 0 Å². The Morgan fingerprint density at radius 3 is 1.44 bits per heavy atom. The highest BCUT2D eigenvalue weighted by atomic mass is 16.7. The van der Waals surface area contributed by atoms with Crippen molar-refractivity contribution in [2.45, 2.75) is 230 Å². The molecule has 0 bridgehead atoms. The first-order chi connectivity index (χ1) is 30.8. The van der Waals surface area contributed by atoms with Gasteiger partial charge in [-0.25, -0.2) is 0 Å². The van der Waals surface area contributed by atoms with Gasteiger partial charge in [0.15, 0.2) is 12.4 Å². The van der Waals surface area contributed by atoms with Crippen molar-refractivity contribution in [2.24, 2.45) is 0 Å². The maximum Gasteiger partial charge on any atom is 0.306 e. The number of rotatable bonds is 41. The van der Waals surface area contributed by atoms with Crippen LogP contribution in [0.25, 0.3) is 0 Å². The van der Waals surface area contributed by atoms with Crippen molar-refractivity contribution < 1.29 is 49.0 Å². The van der Waals surface area contributed by atoms with Gasteiger partial charge in [-0.2, -0.15) is 0 Å². The van der Waals surface area contributed by atoms with Crippen molar-refractivity contribution in [2.75, 3.05) is 19.8 Å². The number of carbonyl (C=O) groups is 2. The maximum atomic E-state index is 12.8. The largest absolute Gasteiger partial charge is 0.462 e. The van der Waals surface area contributed by atoms with Gasteiger partial charge in [0, 0.05) is 12.8 Å². The van der Waals surface area contributed by atoms with Gasteiger partial charge in [-0.3, -0.25) is 9.59 Å². The maximum absolute atomic E-state index is 12.8. The average molecular weight is 887 g/mol. The Morgan fingerprint density at radius 1 is 0.508 bits per heavy atom. The number of allylic oxidation sites excluding steroid dienone is 12. The summed E-state index contributed by atoms with van der Waals surface area (Å²) >= 11 is 0. The lowest BCUT2D eigenvalue weighted by atomic mass is 9.99. The molecule has 0 aromatic carbocycles. The summed E-state index contributed by atoms with van der Waals surface area (Å²) in [5.41, 5.74) is 0. The Morgan fingerprint density at radius 2 is 0.937 bits per heavy atom. The van der Waals surface area contributed by atoms with E-state index in [1.54, 1.807) is 0 Å². The second-order valence-corrected chi connectivity index (χ2v) is 16.9. The summed E-state index contributed by atoms with van der Waals surface area (Å²) in [6.07, 6.45) is 47.6. The van der Waals surface area contributed by atoms with Crippen molar-refractivity contribution >= 4 is 11.9 Å². The molecule has 1 aliphatic rings. The fourth-order valence-electron chi connectivity index (χ4n) is 7.15. The predicted molar refractivity (Wildman–Crippen MR) is 256 cm³/mol. The van der Waals surface area contributed by atoms with Crippen LogP contribution in [-0.4, -0.2) is 89.0 Å². The zero-order valence-corrected chi connectivity index (χ0v) is 39.6. The summed E-state index contributed by atoms with van der Waals surface area (Å²) in [6.45, 7) is 3.28. The number of esters is 2. The number of hydrogen-bond donors (Lipinski definition) is 4. The normalized spacial score (nSPS) is 20.1. The predicted octanol–water partition coefficient (Wildman–Crippen LogP) is 11.6. The van der Waals surface area contributed by atoms with Crippen molar-refractivity contribution in [3.63, 3.8) is 0 Å². The molecule has 0 spiro atoms. The molecule has 1 aliphatic heterocycles. The van der Waals surface area contributed by atoms with Gasteiger partial charge in [-0.1, -0.05) is 170 Å². The molecule has 10 nitrogen and oxygen atoms in total. The lowest BCUT2D eigenvalue weighted by Crippen LogP contribution is -2.59. The number of unbranched alkanes of at least 4 members (excludes halogenated alkanes) is 18. The van der Waals surface area contributed by atoms with Crippen LogP contribution in [0.2, 0.25) is 0 Å². The van der Waals surface area contributed by atoms with Crippen molar-refractivity contribution in [3.05, 3.63) is 72.9 Å². The van der Waals surface area contributed by atoms with Gasteiger partial charge in [-0.15, -0.1) is 0 Å². The van der Waals surface area contributed by atoms with E-state index in [-0.39, 0.29) is 32.0 Å². The lowest BCUT2D eigenvalue weighted by Gasteiger charge is -2.39. The highest BCUT2D eigenvalue weighted by molar-refractivity contribution is 5.70. The third-order valence-corrected chi connectivity index (χ3v) is 11.1. The first-order valence-corrected chi connectivity index (χ1v) is 25.0. The first-order valence-electron chi connectivity index (χ1n) is 25.0. The Kier molecular flexibility index (Phi) is 39.7. The van der Waals surface area contributed by atoms with E-state index in [1.165, 1.54) is 83.5 Å². The van der Waals surface area contributed by atoms with Crippen LogP contribution in [0.5, 0.6) is 0 Å². The zero-order chi connectivity index (χ0) is 45.9. The molecule has 6 unspecified atom stereocenters. The van der Waals surface area contributed by atoms with E-state index in [0.29, 0.717) is 6.42 Å². The van der Waals surface area contributed by atoms with Gasteiger partial charge in [0.2, 0.25) is 0 Å². The first kappa shape index (κ1) is 58.2. The molecule has 1 rings (SSSR count). The number of hydrogen-bond acceptors (Lipinski definition) is 10. The third-order valence-electron chi connectivity index (χ3n) is 11.1. The summed E-state index contributed by atoms with van der Waals surface area (Å²) in [5, 5.41) is 40.2. The molecule has 6 atom stereocenters.